The fourth-order valence-corrected chi connectivity index (χ4v) is 4.38. The van der Waals surface area contributed by atoms with Crippen LogP contribution in [-0.4, -0.2) is 0 Å². The third kappa shape index (κ3) is 5.63. The molecular formula is C26H18F12. The summed E-state index contributed by atoms with van der Waals surface area (Å²) in [4.78, 5) is 0. The summed E-state index contributed by atoms with van der Waals surface area (Å²) in [6.07, 6.45) is -20.5. The second-order valence-corrected chi connectivity index (χ2v) is 8.84. The van der Waals surface area contributed by atoms with Crippen LogP contribution < -0.4 is 0 Å². The summed E-state index contributed by atoms with van der Waals surface area (Å²) in [6, 6.07) is 2.02. The monoisotopic (exact) mass is 558 g/mol. The number of alkyl halides is 12. The maximum atomic E-state index is 13.4. The molecule has 3 aromatic carbocycles. The summed E-state index contributed by atoms with van der Waals surface area (Å²) in [5, 5.41) is 0. The summed E-state index contributed by atoms with van der Waals surface area (Å²) < 4.78 is 161. The van der Waals surface area contributed by atoms with Crippen LogP contribution in [0.5, 0.6) is 0 Å². The normalized spacial score (nSPS) is 13.3. The van der Waals surface area contributed by atoms with Crippen molar-refractivity contribution in [3.8, 4) is 22.3 Å². The lowest BCUT2D eigenvalue weighted by Crippen LogP contribution is -2.12. The summed E-state index contributed by atoms with van der Waals surface area (Å²) >= 11 is 0. The van der Waals surface area contributed by atoms with Crippen LogP contribution in [0.4, 0.5) is 52.7 Å². The summed E-state index contributed by atoms with van der Waals surface area (Å²) in [7, 11) is 0. The molecule has 0 amide bonds. The molecule has 38 heavy (non-hydrogen) atoms. The predicted molar refractivity (Wildman–Crippen MR) is 116 cm³/mol. The van der Waals surface area contributed by atoms with E-state index in [0.29, 0.717) is 24.3 Å². The molecule has 3 rings (SSSR count). The van der Waals surface area contributed by atoms with Crippen molar-refractivity contribution in [3.05, 3.63) is 80.9 Å². The van der Waals surface area contributed by atoms with Gasteiger partial charge in [0.25, 0.3) is 0 Å². The lowest BCUT2D eigenvalue weighted by atomic mass is 9.82. The smallest absolute Gasteiger partial charge is 0.166 e. The van der Waals surface area contributed by atoms with Gasteiger partial charge in [-0.05, 0) is 109 Å². The van der Waals surface area contributed by atoms with Crippen LogP contribution in [0, 0.1) is 27.7 Å². The van der Waals surface area contributed by atoms with Gasteiger partial charge < -0.3 is 0 Å². The minimum absolute atomic E-state index is 0.0381. The highest BCUT2D eigenvalue weighted by molar-refractivity contribution is 5.83. The summed E-state index contributed by atoms with van der Waals surface area (Å²) in [6.45, 7) is 5.30. The SMILES string of the molecule is Cc1c(C)c(-c2cc(C(F)(F)F)cc(C(F)(F)F)c2)c(C)c(C)c1-c1cc(C(F)(F)F)cc(C(F)(F)F)c1. The molecule has 0 radical (unpaired) electrons. The van der Waals surface area contributed by atoms with Crippen LogP contribution in [0.1, 0.15) is 44.5 Å². The highest BCUT2D eigenvalue weighted by Gasteiger charge is 2.39. The van der Waals surface area contributed by atoms with Gasteiger partial charge in [-0.2, -0.15) is 52.7 Å². The van der Waals surface area contributed by atoms with Crippen molar-refractivity contribution in [2.45, 2.75) is 52.4 Å². The third-order valence-corrected chi connectivity index (χ3v) is 6.38. The topological polar surface area (TPSA) is 0 Å². The Morgan fingerprint density at radius 2 is 0.526 bits per heavy atom. The van der Waals surface area contributed by atoms with Gasteiger partial charge in [-0.3, -0.25) is 0 Å². The van der Waals surface area contributed by atoms with Gasteiger partial charge in [0.1, 0.15) is 0 Å². The van der Waals surface area contributed by atoms with E-state index in [1.54, 1.807) is 0 Å². The van der Waals surface area contributed by atoms with E-state index in [-0.39, 0.29) is 45.5 Å². The number of hydrogen-bond donors (Lipinski definition) is 0. The lowest BCUT2D eigenvalue weighted by Gasteiger charge is -2.23. The maximum Gasteiger partial charge on any atom is 0.416 e. The van der Waals surface area contributed by atoms with Crippen molar-refractivity contribution in [1.29, 1.82) is 0 Å². The average molecular weight is 558 g/mol. The molecular weight excluding hydrogens is 540 g/mol. The molecule has 0 saturated carbocycles. The Hall–Kier alpha value is -3.18. The minimum Gasteiger partial charge on any atom is -0.166 e. The molecule has 0 nitrogen and oxygen atoms in total. The molecule has 0 bridgehead atoms. The largest absolute Gasteiger partial charge is 0.416 e. The van der Waals surface area contributed by atoms with Gasteiger partial charge in [0.05, 0.1) is 22.3 Å². The van der Waals surface area contributed by atoms with Crippen LogP contribution in [-0.2, 0) is 24.7 Å². The van der Waals surface area contributed by atoms with Crippen LogP contribution in [0.2, 0.25) is 0 Å². The number of halogens is 12. The second kappa shape index (κ2) is 9.23. The van der Waals surface area contributed by atoms with Crippen molar-refractivity contribution in [2.24, 2.45) is 0 Å². The van der Waals surface area contributed by atoms with Gasteiger partial charge in [0.15, 0.2) is 0 Å². The van der Waals surface area contributed by atoms with Crippen molar-refractivity contribution in [2.75, 3.05) is 0 Å². The summed E-state index contributed by atoms with van der Waals surface area (Å²) in [5.74, 6) is 0. The number of rotatable bonds is 2. The highest BCUT2D eigenvalue weighted by Crippen LogP contribution is 2.45. The zero-order valence-corrected chi connectivity index (χ0v) is 20.0. The zero-order chi connectivity index (χ0) is 29.2. The Morgan fingerprint density at radius 1 is 0.342 bits per heavy atom. The van der Waals surface area contributed by atoms with Gasteiger partial charge in [0, 0.05) is 0 Å². The van der Waals surface area contributed by atoms with Crippen molar-refractivity contribution < 1.29 is 52.7 Å². The van der Waals surface area contributed by atoms with Crippen molar-refractivity contribution in [1.82, 2.24) is 0 Å². The molecule has 0 aliphatic heterocycles. The number of benzene rings is 3. The molecule has 3 aromatic rings. The van der Waals surface area contributed by atoms with Crippen LogP contribution in [0.25, 0.3) is 22.3 Å². The van der Waals surface area contributed by atoms with E-state index in [9.17, 15) is 52.7 Å². The molecule has 0 unspecified atom stereocenters. The van der Waals surface area contributed by atoms with E-state index in [1.807, 2.05) is 0 Å². The minimum atomic E-state index is -5.12. The Kier molecular flexibility index (Phi) is 7.14. The molecule has 0 aliphatic rings. The zero-order valence-electron chi connectivity index (χ0n) is 20.0. The molecule has 0 heterocycles. The van der Waals surface area contributed by atoms with Crippen LogP contribution >= 0.6 is 0 Å². The quantitative estimate of drug-likeness (QED) is 0.275. The first-order chi connectivity index (χ1) is 17.0. The van der Waals surface area contributed by atoms with Gasteiger partial charge >= 0.3 is 24.7 Å². The number of hydrogen-bond acceptors (Lipinski definition) is 0. The van der Waals surface area contributed by atoms with Gasteiger partial charge in [-0.15, -0.1) is 0 Å². The van der Waals surface area contributed by atoms with Crippen LogP contribution in [0.3, 0.4) is 0 Å². The van der Waals surface area contributed by atoms with E-state index in [1.165, 1.54) is 27.7 Å². The van der Waals surface area contributed by atoms with E-state index < -0.39 is 58.1 Å². The Morgan fingerprint density at radius 3 is 0.684 bits per heavy atom. The Balaban J connectivity index is 2.39. The van der Waals surface area contributed by atoms with E-state index in [4.69, 9.17) is 0 Å². The molecule has 0 saturated heterocycles. The van der Waals surface area contributed by atoms with Gasteiger partial charge in [-0.25, -0.2) is 0 Å². The highest BCUT2D eigenvalue weighted by atomic mass is 19.4. The molecule has 0 atom stereocenters. The Labute approximate surface area is 208 Å². The van der Waals surface area contributed by atoms with Crippen LogP contribution in [0.15, 0.2) is 36.4 Å². The second-order valence-electron chi connectivity index (χ2n) is 8.84. The lowest BCUT2D eigenvalue weighted by molar-refractivity contribution is -0.144. The first-order valence-corrected chi connectivity index (χ1v) is 10.7. The predicted octanol–water partition coefficient (Wildman–Crippen LogP) is 10.3. The molecule has 0 spiro atoms. The first kappa shape index (κ1) is 29.4. The molecule has 12 heteroatoms. The molecule has 0 N–H and O–H groups in total. The van der Waals surface area contributed by atoms with Gasteiger partial charge in [0.2, 0.25) is 0 Å². The Bertz CT molecular complexity index is 1180. The third-order valence-electron chi connectivity index (χ3n) is 6.38. The summed E-state index contributed by atoms with van der Waals surface area (Å²) in [5.41, 5.74) is -6.82. The van der Waals surface area contributed by atoms with E-state index in [2.05, 4.69) is 0 Å². The molecule has 0 aliphatic carbocycles. The van der Waals surface area contributed by atoms with Crippen molar-refractivity contribution >= 4 is 0 Å². The fraction of sp³-hybridized carbons (Fsp3) is 0.308. The van der Waals surface area contributed by atoms with E-state index >= 15 is 0 Å². The molecule has 206 valence electrons. The molecule has 0 aromatic heterocycles. The van der Waals surface area contributed by atoms with Gasteiger partial charge in [-0.1, -0.05) is 0 Å². The standard InChI is InChI=1S/C26H18F12/c1-11-12(2)22(16-7-19(25(33,34)35)10-20(8-16)26(36,37)38)14(4)13(3)21(11)15-5-17(23(27,28)29)9-18(6-15)24(30,31)32/h5-10H,1-4H3. The maximum absolute atomic E-state index is 13.4. The van der Waals surface area contributed by atoms with Crippen molar-refractivity contribution in [3.63, 3.8) is 0 Å². The first-order valence-electron chi connectivity index (χ1n) is 10.7. The average Bonchev–Trinajstić information content (AvgIpc) is 2.75. The molecule has 0 fully saturated rings. The fourth-order valence-electron chi connectivity index (χ4n) is 4.38. The van der Waals surface area contributed by atoms with E-state index in [0.717, 1.165) is 0 Å².